The number of hydrogen-bond acceptors (Lipinski definition) is 3. The molecule has 6 heteroatoms. The van der Waals surface area contributed by atoms with Crippen LogP contribution in [0.4, 0.5) is 0 Å². The van der Waals surface area contributed by atoms with E-state index in [1.807, 2.05) is 25.2 Å². The maximum absolute atomic E-state index is 6.34. The Balaban J connectivity index is 2.42. The van der Waals surface area contributed by atoms with Gasteiger partial charge in [-0.15, -0.1) is 11.3 Å². The molecule has 1 unspecified atom stereocenters. The predicted octanol–water partition coefficient (Wildman–Crippen LogP) is 5.24. The molecule has 0 aliphatic carbocycles. The van der Waals surface area contributed by atoms with Gasteiger partial charge < -0.3 is 10.1 Å². The zero-order valence-electron chi connectivity index (χ0n) is 10.3. The lowest BCUT2D eigenvalue weighted by Crippen LogP contribution is -2.16. The molecule has 0 saturated heterocycles. The average Bonchev–Trinajstić information content (AvgIpc) is 2.72. The highest BCUT2D eigenvalue weighted by Crippen LogP contribution is 2.39. The first-order valence-electron chi connectivity index (χ1n) is 5.52. The molecule has 1 aromatic heterocycles. The highest BCUT2D eigenvalue weighted by atomic mass is 79.9. The van der Waals surface area contributed by atoms with Crippen molar-refractivity contribution in [2.45, 2.75) is 6.04 Å². The molecular formula is C13H12Br2ClNOS. The predicted molar refractivity (Wildman–Crippen MR) is 88.6 cm³/mol. The quantitative estimate of drug-likeness (QED) is 0.723. The van der Waals surface area contributed by atoms with Gasteiger partial charge in [0.2, 0.25) is 0 Å². The third-order valence-corrected chi connectivity index (χ3v) is 6.40. The van der Waals surface area contributed by atoms with Gasteiger partial charge in [-0.05, 0) is 62.7 Å². The Hall–Kier alpha value is -0.0700. The van der Waals surface area contributed by atoms with Gasteiger partial charge in [-0.3, -0.25) is 0 Å². The molecule has 0 bridgehead atoms. The van der Waals surface area contributed by atoms with E-state index in [2.05, 4.69) is 43.2 Å². The van der Waals surface area contributed by atoms with Crippen molar-refractivity contribution >= 4 is 54.8 Å². The maximum atomic E-state index is 6.34. The number of benzene rings is 1. The van der Waals surface area contributed by atoms with E-state index in [1.165, 1.54) is 4.88 Å². The molecule has 1 N–H and O–H groups in total. The molecule has 1 atom stereocenters. The Labute approximate surface area is 138 Å². The fourth-order valence-electron chi connectivity index (χ4n) is 1.83. The van der Waals surface area contributed by atoms with E-state index in [9.17, 15) is 0 Å². The van der Waals surface area contributed by atoms with Gasteiger partial charge in [0.1, 0.15) is 5.75 Å². The van der Waals surface area contributed by atoms with E-state index in [1.54, 1.807) is 18.4 Å². The molecular weight excluding hydrogens is 413 g/mol. The molecule has 2 nitrogen and oxygen atoms in total. The molecule has 2 aromatic rings. The second kappa shape index (κ2) is 6.59. The lowest BCUT2D eigenvalue weighted by molar-refractivity contribution is 0.414. The number of ether oxygens (including phenoxy) is 1. The summed E-state index contributed by atoms with van der Waals surface area (Å²) in [6.07, 6.45) is 0. The Morgan fingerprint density at radius 2 is 2.05 bits per heavy atom. The second-order valence-corrected chi connectivity index (χ2v) is 7.54. The van der Waals surface area contributed by atoms with Crippen molar-refractivity contribution in [3.05, 3.63) is 48.0 Å². The number of hydrogen-bond donors (Lipinski definition) is 1. The molecule has 1 aromatic carbocycles. The van der Waals surface area contributed by atoms with Gasteiger partial charge >= 0.3 is 0 Å². The van der Waals surface area contributed by atoms with Crippen molar-refractivity contribution in [2.75, 3.05) is 14.2 Å². The minimum absolute atomic E-state index is 0.0611. The highest BCUT2D eigenvalue weighted by molar-refractivity contribution is 9.13. The van der Waals surface area contributed by atoms with E-state index < -0.39 is 0 Å². The SMILES string of the molecule is CNC(c1cc(Br)c(Br)s1)c1ccc(OC)cc1Cl. The summed E-state index contributed by atoms with van der Waals surface area (Å²) < 4.78 is 7.30. The van der Waals surface area contributed by atoms with Crippen LogP contribution >= 0.6 is 54.8 Å². The molecule has 0 aliphatic heterocycles. The Kier molecular flexibility index (Phi) is 5.31. The lowest BCUT2D eigenvalue weighted by Gasteiger charge is -2.17. The van der Waals surface area contributed by atoms with E-state index in [0.29, 0.717) is 5.02 Å². The molecule has 19 heavy (non-hydrogen) atoms. The second-order valence-electron chi connectivity index (χ2n) is 3.88. The molecule has 0 amide bonds. The largest absolute Gasteiger partial charge is 0.497 e. The van der Waals surface area contributed by atoms with Crippen LogP contribution in [0.2, 0.25) is 5.02 Å². The van der Waals surface area contributed by atoms with Crippen molar-refractivity contribution in [3.8, 4) is 5.75 Å². The first-order valence-corrected chi connectivity index (χ1v) is 8.30. The van der Waals surface area contributed by atoms with Crippen LogP contribution in [0.3, 0.4) is 0 Å². The molecule has 0 fully saturated rings. The van der Waals surface area contributed by atoms with Crippen molar-refractivity contribution < 1.29 is 4.74 Å². The van der Waals surface area contributed by atoms with Crippen LogP contribution in [0.15, 0.2) is 32.5 Å². The summed E-state index contributed by atoms with van der Waals surface area (Å²) in [5, 5.41) is 3.99. The fourth-order valence-corrected chi connectivity index (χ4v) is 4.32. The minimum atomic E-state index is 0.0611. The third-order valence-electron chi connectivity index (χ3n) is 2.76. The van der Waals surface area contributed by atoms with Crippen LogP contribution in [0.1, 0.15) is 16.5 Å². The van der Waals surface area contributed by atoms with Gasteiger partial charge in [-0.25, -0.2) is 0 Å². The lowest BCUT2D eigenvalue weighted by atomic mass is 10.1. The number of rotatable bonds is 4. The van der Waals surface area contributed by atoms with Gasteiger partial charge in [0.15, 0.2) is 0 Å². The van der Waals surface area contributed by atoms with Crippen molar-refractivity contribution in [1.29, 1.82) is 0 Å². The van der Waals surface area contributed by atoms with Crippen molar-refractivity contribution in [2.24, 2.45) is 0 Å². The monoisotopic (exact) mass is 423 g/mol. The average molecular weight is 426 g/mol. The molecule has 102 valence electrons. The Bertz CT molecular complexity index is 569. The first kappa shape index (κ1) is 15.3. The standard InChI is InChI=1S/C13H12Br2ClNOS/c1-17-12(11-6-9(14)13(15)19-11)8-4-3-7(18-2)5-10(8)16/h3-6,12,17H,1-2H3. The van der Waals surface area contributed by atoms with Crippen LogP contribution in [0, 0.1) is 0 Å². The Morgan fingerprint density at radius 1 is 1.32 bits per heavy atom. The number of nitrogens with one attached hydrogen (secondary N) is 1. The first-order chi connectivity index (χ1) is 9.06. The Morgan fingerprint density at radius 3 is 2.53 bits per heavy atom. The highest BCUT2D eigenvalue weighted by Gasteiger charge is 2.19. The smallest absolute Gasteiger partial charge is 0.120 e. The summed E-state index contributed by atoms with van der Waals surface area (Å²) in [6, 6.07) is 7.90. The van der Waals surface area contributed by atoms with Gasteiger partial charge in [0, 0.05) is 14.4 Å². The van der Waals surface area contributed by atoms with E-state index in [-0.39, 0.29) is 6.04 Å². The van der Waals surface area contributed by atoms with Crippen LogP contribution in [0.25, 0.3) is 0 Å². The topological polar surface area (TPSA) is 21.3 Å². The van der Waals surface area contributed by atoms with Gasteiger partial charge in [0.25, 0.3) is 0 Å². The van der Waals surface area contributed by atoms with Gasteiger partial charge in [-0.2, -0.15) is 0 Å². The van der Waals surface area contributed by atoms with Gasteiger partial charge in [-0.1, -0.05) is 17.7 Å². The van der Waals surface area contributed by atoms with Crippen molar-refractivity contribution in [3.63, 3.8) is 0 Å². The normalized spacial score (nSPS) is 12.5. The molecule has 0 spiro atoms. The van der Waals surface area contributed by atoms with E-state index >= 15 is 0 Å². The fraction of sp³-hybridized carbons (Fsp3) is 0.231. The van der Waals surface area contributed by atoms with Crippen LogP contribution < -0.4 is 10.1 Å². The van der Waals surface area contributed by atoms with Crippen LogP contribution in [-0.2, 0) is 0 Å². The van der Waals surface area contributed by atoms with Gasteiger partial charge in [0.05, 0.1) is 16.9 Å². The number of thiophene rings is 1. The molecule has 0 aliphatic rings. The number of halogens is 3. The molecule has 1 heterocycles. The summed E-state index contributed by atoms with van der Waals surface area (Å²) in [5.41, 5.74) is 1.03. The summed E-state index contributed by atoms with van der Waals surface area (Å²) in [7, 11) is 3.56. The molecule has 0 saturated carbocycles. The van der Waals surface area contributed by atoms with Crippen molar-refractivity contribution in [1.82, 2.24) is 5.32 Å². The summed E-state index contributed by atoms with van der Waals surface area (Å²) >= 11 is 15.0. The maximum Gasteiger partial charge on any atom is 0.120 e. The summed E-state index contributed by atoms with van der Waals surface area (Å²) in [4.78, 5) is 1.19. The summed E-state index contributed by atoms with van der Waals surface area (Å²) in [6.45, 7) is 0. The van der Waals surface area contributed by atoms with E-state index in [4.69, 9.17) is 16.3 Å². The molecule has 0 radical (unpaired) electrons. The molecule has 2 rings (SSSR count). The van der Waals surface area contributed by atoms with E-state index in [0.717, 1.165) is 19.6 Å². The summed E-state index contributed by atoms with van der Waals surface area (Å²) in [5.74, 6) is 0.761. The minimum Gasteiger partial charge on any atom is -0.497 e. The zero-order chi connectivity index (χ0) is 14.0. The number of methoxy groups -OCH3 is 1. The van der Waals surface area contributed by atoms with Crippen LogP contribution in [-0.4, -0.2) is 14.2 Å². The third kappa shape index (κ3) is 3.34. The zero-order valence-corrected chi connectivity index (χ0v) is 15.1. The van der Waals surface area contributed by atoms with Crippen LogP contribution in [0.5, 0.6) is 5.75 Å².